The van der Waals surface area contributed by atoms with Crippen LogP contribution in [0.4, 0.5) is 0 Å². The van der Waals surface area contributed by atoms with Gasteiger partial charge in [-0.15, -0.1) is 0 Å². The molecule has 0 aromatic carbocycles. The second kappa shape index (κ2) is 5.21. The van der Waals surface area contributed by atoms with E-state index in [0.29, 0.717) is 12.2 Å². The second-order valence-corrected chi connectivity index (χ2v) is 5.61. The Balaban J connectivity index is 2.81. The van der Waals surface area contributed by atoms with E-state index in [0.717, 1.165) is 12.2 Å². The fraction of sp³-hybridized carbons (Fsp3) is 0.909. The molecule has 4 heteroatoms. The number of carbonyl (C=O) groups excluding carboxylic acids is 1. The SMILES string of the molecule is COC(=O)C(C(C)C)C1(O)CCCSC1. The molecule has 0 aromatic heterocycles. The molecule has 0 saturated carbocycles. The quantitative estimate of drug-likeness (QED) is 0.752. The van der Waals surface area contributed by atoms with E-state index >= 15 is 0 Å². The summed E-state index contributed by atoms with van der Waals surface area (Å²) in [4.78, 5) is 11.7. The zero-order chi connectivity index (χ0) is 11.5. The Hall–Kier alpha value is -0.220. The molecule has 1 saturated heterocycles. The van der Waals surface area contributed by atoms with Crippen molar-refractivity contribution in [3.05, 3.63) is 0 Å². The van der Waals surface area contributed by atoms with Crippen LogP contribution < -0.4 is 0 Å². The van der Waals surface area contributed by atoms with Crippen LogP contribution in [0.25, 0.3) is 0 Å². The predicted molar refractivity (Wildman–Crippen MR) is 61.9 cm³/mol. The third kappa shape index (κ3) is 2.88. The number of thioether (sulfide) groups is 1. The summed E-state index contributed by atoms with van der Waals surface area (Å²) in [5, 5.41) is 10.5. The van der Waals surface area contributed by atoms with Crippen molar-refractivity contribution in [2.24, 2.45) is 11.8 Å². The van der Waals surface area contributed by atoms with Crippen molar-refractivity contribution in [3.8, 4) is 0 Å². The number of esters is 1. The van der Waals surface area contributed by atoms with Crippen LogP contribution in [-0.2, 0) is 9.53 Å². The fourth-order valence-electron chi connectivity index (χ4n) is 2.29. The maximum Gasteiger partial charge on any atom is 0.311 e. The number of rotatable bonds is 3. The highest BCUT2D eigenvalue weighted by molar-refractivity contribution is 7.99. The first kappa shape index (κ1) is 12.8. The minimum atomic E-state index is -0.871. The molecule has 0 aliphatic carbocycles. The second-order valence-electron chi connectivity index (χ2n) is 4.50. The summed E-state index contributed by atoms with van der Waals surface area (Å²) in [6.45, 7) is 3.91. The number of ether oxygens (including phenoxy) is 1. The van der Waals surface area contributed by atoms with E-state index in [4.69, 9.17) is 4.74 Å². The van der Waals surface area contributed by atoms with Crippen LogP contribution in [0.3, 0.4) is 0 Å². The van der Waals surface area contributed by atoms with Gasteiger partial charge in [0.25, 0.3) is 0 Å². The topological polar surface area (TPSA) is 46.5 Å². The van der Waals surface area contributed by atoms with Crippen molar-refractivity contribution in [2.75, 3.05) is 18.6 Å². The molecule has 0 aromatic rings. The van der Waals surface area contributed by atoms with Gasteiger partial charge in [-0.05, 0) is 24.5 Å². The molecule has 1 heterocycles. The van der Waals surface area contributed by atoms with Crippen molar-refractivity contribution in [1.82, 2.24) is 0 Å². The number of hydrogen-bond acceptors (Lipinski definition) is 4. The van der Waals surface area contributed by atoms with Gasteiger partial charge in [-0.25, -0.2) is 0 Å². The van der Waals surface area contributed by atoms with Gasteiger partial charge < -0.3 is 9.84 Å². The summed E-state index contributed by atoms with van der Waals surface area (Å²) in [5.74, 6) is 1.16. The molecule has 0 bridgehead atoms. The summed E-state index contributed by atoms with van der Waals surface area (Å²) >= 11 is 1.72. The van der Waals surface area contributed by atoms with E-state index in [-0.39, 0.29) is 11.9 Å². The lowest BCUT2D eigenvalue weighted by Gasteiger charge is -2.39. The molecule has 0 amide bonds. The van der Waals surface area contributed by atoms with Gasteiger partial charge in [0.2, 0.25) is 0 Å². The maximum atomic E-state index is 11.7. The largest absolute Gasteiger partial charge is 0.469 e. The van der Waals surface area contributed by atoms with Crippen molar-refractivity contribution in [3.63, 3.8) is 0 Å². The van der Waals surface area contributed by atoms with Crippen molar-refractivity contribution >= 4 is 17.7 Å². The van der Waals surface area contributed by atoms with Crippen molar-refractivity contribution in [2.45, 2.75) is 32.3 Å². The summed E-state index contributed by atoms with van der Waals surface area (Å²) in [7, 11) is 1.39. The van der Waals surface area contributed by atoms with Crippen LogP contribution in [0.15, 0.2) is 0 Å². The molecule has 1 aliphatic heterocycles. The number of methoxy groups -OCH3 is 1. The van der Waals surface area contributed by atoms with Gasteiger partial charge in [-0.2, -0.15) is 11.8 Å². The normalized spacial score (nSPS) is 28.9. The van der Waals surface area contributed by atoms with E-state index < -0.39 is 11.5 Å². The van der Waals surface area contributed by atoms with Crippen LogP contribution in [0.5, 0.6) is 0 Å². The summed E-state index contributed by atoms with van der Waals surface area (Å²) in [5.41, 5.74) is -0.871. The summed E-state index contributed by atoms with van der Waals surface area (Å²) < 4.78 is 4.78. The molecular formula is C11H20O3S. The van der Waals surface area contributed by atoms with Crippen LogP contribution in [0, 0.1) is 11.8 Å². The van der Waals surface area contributed by atoms with Gasteiger partial charge in [-0.1, -0.05) is 13.8 Å². The zero-order valence-corrected chi connectivity index (χ0v) is 10.5. The molecule has 88 valence electrons. The first-order chi connectivity index (χ1) is 7.01. The standard InChI is InChI=1S/C11H20O3S/c1-8(2)9(10(12)14-3)11(13)5-4-6-15-7-11/h8-9,13H,4-7H2,1-3H3. The highest BCUT2D eigenvalue weighted by atomic mass is 32.2. The van der Waals surface area contributed by atoms with E-state index in [1.807, 2.05) is 13.8 Å². The monoisotopic (exact) mass is 232 g/mol. The predicted octanol–water partition coefficient (Wildman–Crippen LogP) is 1.69. The molecule has 1 N–H and O–H groups in total. The first-order valence-corrected chi connectivity index (χ1v) is 6.54. The molecule has 0 spiro atoms. The number of carbonyl (C=O) groups is 1. The van der Waals surface area contributed by atoms with Crippen LogP contribution >= 0.6 is 11.8 Å². The minimum Gasteiger partial charge on any atom is -0.469 e. The molecule has 3 nitrogen and oxygen atoms in total. The van der Waals surface area contributed by atoms with Gasteiger partial charge in [0.05, 0.1) is 18.6 Å². The van der Waals surface area contributed by atoms with Crippen molar-refractivity contribution < 1.29 is 14.6 Å². The molecule has 1 aliphatic rings. The van der Waals surface area contributed by atoms with Crippen LogP contribution in [0.1, 0.15) is 26.7 Å². The molecule has 1 fully saturated rings. The Morgan fingerprint density at radius 3 is 2.60 bits per heavy atom. The van der Waals surface area contributed by atoms with E-state index in [1.54, 1.807) is 11.8 Å². The highest BCUT2D eigenvalue weighted by Crippen LogP contribution is 2.37. The van der Waals surface area contributed by atoms with Gasteiger partial charge in [0.15, 0.2) is 0 Å². The van der Waals surface area contributed by atoms with E-state index in [1.165, 1.54) is 7.11 Å². The Morgan fingerprint density at radius 1 is 1.53 bits per heavy atom. The van der Waals surface area contributed by atoms with Crippen LogP contribution in [-0.4, -0.2) is 35.3 Å². The third-order valence-corrected chi connectivity index (χ3v) is 4.23. The smallest absolute Gasteiger partial charge is 0.311 e. The Morgan fingerprint density at radius 2 is 2.20 bits per heavy atom. The average Bonchev–Trinajstić information content (AvgIpc) is 2.17. The molecular weight excluding hydrogens is 212 g/mol. The molecule has 2 atom stereocenters. The lowest BCUT2D eigenvalue weighted by Crippen LogP contribution is -2.49. The molecule has 0 radical (unpaired) electrons. The molecule has 15 heavy (non-hydrogen) atoms. The summed E-state index contributed by atoms with van der Waals surface area (Å²) in [6, 6.07) is 0. The van der Waals surface area contributed by atoms with Crippen LogP contribution in [0.2, 0.25) is 0 Å². The number of hydrogen-bond donors (Lipinski definition) is 1. The Bertz CT molecular complexity index is 222. The maximum absolute atomic E-state index is 11.7. The summed E-state index contributed by atoms with van der Waals surface area (Å²) in [6.07, 6.45) is 1.68. The van der Waals surface area contributed by atoms with E-state index in [9.17, 15) is 9.90 Å². The van der Waals surface area contributed by atoms with Gasteiger partial charge in [0, 0.05) is 5.75 Å². The van der Waals surface area contributed by atoms with Gasteiger partial charge in [0.1, 0.15) is 0 Å². The zero-order valence-electron chi connectivity index (χ0n) is 9.66. The lowest BCUT2D eigenvalue weighted by molar-refractivity contribution is -0.158. The Kier molecular flexibility index (Phi) is 4.46. The lowest BCUT2D eigenvalue weighted by atomic mass is 9.78. The highest BCUT2D eigenvalue weighted by Gasteiger charge is 2.44. The minimum absolute atomic E-state index is 0.112. The first-order valence-electron chi connectivity index (χ1n) is 5.39. The van der Waals surface area contributed by atoms with Gasteiger partial charge in [-0.3, -0.25) is 4.79 Å². The van der Waals surface area contributed by atoms with Gasteiger partial charge >= 0.3 is 5.97 Å². The average molecular weight is 232 g/mol. The number of aliphatic hydroxyl groups is 1. The van der Waals surface area contributed by atoms with E-state index in [2.05, 4.69) is 0 Å². The molecule has 1 rings (SSSR count). The Labute approximate surface area is 95.6 Å². The fourth-order valence-corrected chi connectivity index (χ4v) is 3.46. The van der Waals surface area contributed by atoms with Crippen molar-refractivity contribution in [1.29, 1.82) is 0 Å². The third-order valence-electron chi connectivity index (χ3n) is 2.95. The molecule has 2 unspecified atom stereocenters.